The first-order valence-electron chi connectivity index (χ1n) is 4.43. The van der Waals surface area contributed by atoms with E-state index in [4.69, 9.17) is 10.6 Å². The highest BCUT2D eigenvalue weighted by Crippen LogP contribution is 2.14. The van der Waals surface area contributed by atoms with Crippen LogP contribution < -0.4 is 11.3 Å². The molecule has 0 heterocycles. The highest BCUT2D eigenvalue weighted by Gasteiger charge is 2.17. The first-order chi connectivity index (χ1) is 6.65. The summed E-state index contributed by atoms with van der Waals surface area (Å²) < 4.78 is 4.73. The minimum atomic E-state index is -0.305. The molecule has 0 rings (SSSR count). The van der Waals surface area contributed by atoms with E-state index in [9.17, 15) is 9.59 Å². The molecule has 1 unspecified atom stereocenters. The van der Waals surface area contributed by atoms with Crippen molar-refractivity contribution in [3.05, 3.63) is 0 Å². The standard InChI is InChI=1S/C8H16N2O3S/c1-3-6(8(12)10-9)14-5-7(11)13-4-2/h6H,3-5,9H2,1-2H3,(H,10,12). The van der Waals surface area contributed by atoms with Crippen molar-refractivity contribution in [2.45, 2.75) is 25.5 Å². The zero-order chi connectivity index (χ0) is 11.0. The molecule has 1 atom stereocenters. The summed E-state index contributed by atoms with van der Waals surface area (Å²) in [5, 5.41) is -0.288. The van der Waals surface area contributed by atoms with E-state index in [0.717, 1.165) is 0 Å². The monoisotopic (exact) mass is 220 g/mol. The largest absolute Gasteiger partial charge is 0.465 e. The van der Waals surface area contributed by atoms with Gasteiger partial charge in [0.2, 0.25) is 5.91 Å². The van der Waals surface area contributed by atoms with Gasteiger partial charge < -0.3 is 4.74 Å². The Labute approximate surface area is 87.7 Å². The number of amides is 1. The number of nitrogens with two attached hydrogens (primary N) is 1. The lowest BCUT2D eigenvalue weighted by molar-refractivity contribution is -0.139. The van der Waals surface area contributed by atoms with Gasteiger partial charge in [-0.1, -0.05) is 6.92 Å². The van der Waals surface area contributed by atoms with Gasteiger partial charge in [-0.15, -0.1) is 11.8 Å². The zero-order valence-electron chi connectivity index (χ0n) is 8.41. The highest BCUT2D eigenvalue weighted by atomic mass is 32.2. The van der Waals surface area contributed by atoms with Gasteiger partial charge in [-0.2, -0.15) is 0 Å². The number of thioether (sulfide) groups is 1. The van der Waals surface area contributed by atoms with Crippen molar-refractivity contribution < 1.29 is 14.3 Å². The fourth-order valence-corrected chi connectivity index (χ4v) is 1.72. The van der Waals surface area contributed by atoms with Gasteiger partial charge in [-0.25, -0.2) is 5.84 Å². The number of hydrogen-bond acceptors (Lipinski definition) is 5. The average molecular weight is 220 g/mol. The summed E-state index contributed by atoms with van der Waals surface area (Å²) in [6, 6.07) is 0. The first-order valence-corrected chi connectivity index (χ1v) is 5.48. The van der Waals surface area contributed by atoms with Crippen LogP contribution in [0.3, 0.4) is 0 Å². The predicted octanol–water partition coefficient (Wildman–Crippen LogP) is 0.0512. The average Bonchev–Trinajstić information content (AvgIpc) is 2.18. The molecule has 0 aliphatic carbocycles. The minimum absolute atomic E-state index is 0.180. The van der Waals surface area contributed by atoms with Crippen LogP contribution in [-0.2, 0) is 14.3 Å². The molecule has 0 aliphatic rings. The van der Waals surface area contributed by atoms with Crippen molar-refractivity contribution in [1.29, 1.82) is 0 Å². The molecule has 0 aliphatic heterocycles. The quantitative estimate of drug-likeness (QED) is 0.286. The van der Waals surface area contributed by atoms with Gasteiger partial charge in [-0.05, 0) is 13.3 Å². The number of hydrazine groups is 1. The molecular weight excluding hydrogens is 204 g/mol. The van der Waals surface area contributed by atoms with Crippen molar-refractivity contribution in [3.63, 3.8) is 0 Å². The third-order valence-electron chi connectivity index (χ3n) is 1.51. The van der Waals surface area contributed by atoms with E-state index in [0.29, 0.717) is 13.0 Å². The van der Waals surface area contributed by atoms with Crippen LogP contribution in [0.2, 0.25) is 0 Å². The third-order valence-corrected chi connectivity index (χ3v) is 2.87. The lowest BCUT2D eigenvalue weighted by Gasteiger charge is -2.11. The van der Waals surface area contributed by atoms with Crippen LogP contribution in [0.25, 0.3) is 0 Å². The zero-order valence-corrected chi connectivity index (χ0v) is 9.23. The molecule has 0 aromatic heterocycles. The minimum Gasteiger partial charge on any atom is -0.465 e. The molecule has 0 radical (unpaired) electrons. The second kappa shape index (κ2) is 7.64. The van der Waals surface area contributed by atoms with Crippen LogP contribution >= 0.6 is 11.8 Å². The van der Waals surface area contributed by atoms with Crippen molar-refractivity contribution in [2.24, 2.45) is 5.84 Å². The van der Waals surface area contributed by atoms with Gasteiger partial charge in [0.05, 0.1) is 17.6 Å². The second-order valence-electron chi connectivity index (χ2n) is 2.52. The normalized spacial score (nSPS) is 11.9. The Morgan fingerprint density at radius 2 is 2.14 bits per heavy atom. The lowest BCUT2D eigenvalue weighted by atomic mass is 10.3. The van der Waals surface area contributed by atoms with Gasteiger partial charge in [0.1, 0.15) is 0 Å². The van der Waals surface area contributed by atoms with E-state index in [2.05, 4.69) is 5.43 Å². The van der Waals surface area contributed by atoms with Crippen molar-refractivity contribution >= 4 is 23.6 Å². The van der Waals surface area contributed by atoms with E-state index in [1.54, 1.807) is 6.92 Å². The topological polar surface area (TPSA) is 81.4 Å². The molecule has 14 heavy (non-hydrogen) atoms. The van der Waals surface area contributed by atoms with Crippen molar-refractivity contribution in [3.8, 4) is 0 Å². The third kappa shape index (κ3) is 5.08. The maximum absolute atomic E-state index is 11.1. The summed E-state index contributed by atoms with van der Waals surface area (Å²) in [6.07, 6.45) is 0.632. The highest BCUT2D eigenvalue weighted by molar-refractivity contribution is 8.01. The molecule has 0 bridgehead atoms. The number of carbonyl (C=O) groups excluding carboxylic acids is 2. The van der Waals surface area contributed by atoms with E-state index in [1.807, 2.05) is 6.92 Å². The number of hydrogen-bond donors (Lipinski definition) is 2. The van der Waals surface area contributed by atoms with Gasteiger partial charge in [0, 0.05) is 0 Å². The molecule has 0 spiro atoms. The number of nitrogens with one attached hydrogen (secondary N) is 1. The van der Waals surface area contributed by atoms with Crippen LogP contribution in [0.15, 0.2) is 0 Å². The molecule has 3 N–H and O–H groups in total. The van der Waals surface area contributed by atoms with Crippen molar-refractivity contribution in [2.75, 3.05) is 12.4 Å². The summed E-state index contributed by atoms with van der Waals surface area (Å²) >= 11 is 1.24. The Bertz CT molecular complexity index is 199. The molecular formula is C8H16N2O3S. The van der Waals surface area contributed by atoms with Crippen LogP contribution in [0.4, 0.5) is 0 Å². The SMILES string of the molecule is CCOC(=O)CSC(CC)C(=O)NN. The maximum Gasteiger partial charge on any atom is 0.315 e. The fraction of sp³-hybridized carbons (Fsp3) is 0.750. The summed E-state index contributed by atoms with van der Waals surface area (Å²) in [5.41, 5.74) is 2.06. The van der Waals surface area contributed by atoms with Crippen molar-refractivity contribution in [1.82, 2.24) is 5.43 Å². The van der Waals surface area contributed by atoms with Crippen LogP contribution in [-0.4, -0.2) is 29.5 Å². The Morgan fingerprint density at radius 3 is 2.57 bits per heavy atom. The van der Waals surface area contributed by atoms with E-state index < -0.39 is 0 Å². The molecule has 0 aromatic carbocycles. The molecule has 0 aromatic rings. The van der Waals surface area contributed by atoms with E-state index >= 15 is 0 Å². The Kier molecular flexibility index (Phi) is 7.23. The summed E-state index contributed by atoms with van der Waals surface area (Å²) in [7, 11) is 0. The second-order valence-corrected chi connectivity index (χ2v) is 3.71. The molecule has 0 saturated heterocycles. The smallest absolute Gasteiger partial charge is 0.315 e. The van der Waals surface area contributed by atoms with Crippen LogP contribution in [0, 0.1) is 0 Å². The molecule has 82 valence electrons. The number of esters is 1. The molecule has 0 fully saturated rings. The van der Waals surface area contributed by atoms with Gasteiger partial charge in [0.25, 0.3) is 0 Å². The van der Waals surface area contributed by atoms with Gasteiger partial charge in [0.15, 0.2) is 0 Å². The summed E-state index contributed by atoms with van der Waals surface area (Å²) in [4.78, 5) is 22.1. The van der Waals surface area contributed by atoms with Gasteiger partial charge in [-0.3, -0.25) is 15.0 Å². The van der Waals surface area contributed by atoms with E-state index in [-0.39, 0.29) is 22.9 Å². The summed E-state index contributed by atoms with van der Waals surface area (Å²) in [6.45, 7) is 3.96. The number of ether oxygens (including phenoxy) is 1. The molecule has 0 saturated carbocycles. The first kappa shape index (κ1) is 13.2. The maximum atomic E-state index is 11.1. The van der Waals surface area contributed by atoms with Crippen LogP contribution in [0.5, 0.6) is 0 Å². The summed E-state index contributed by atoms with van der Waals surface area (Å²) in [5.74, 6) is 4.60. The molecule has 5 nitrogen and oxygen atoms in total. The molecule has 1 amide bonds. The Morgan fingerprint density at radius 1 is 1.50 bits per heavy atom. The molecule has 6 heteroatoms. The number of carbonyl (C=O) groups is 2. The lowest BCUT2D eigenvalue weighted by Crippen LogP contribution is -2.37. The Balaban J connectivity index is 3.83. The fourth-order valence-electron chi connectivity index (χ4n) is 0.843. The van der Waals surface area contributed by atoms with E-state index in [1.165, 1.54) is 11.8 Å². The predicted molar refractivity (Wildman–Crippen MR) is 55.5 cm³/mol. The van der Waals surface area contributed by atoms with Gasteiger partial charge >= 0.3 is 5.97 Å². The number of rotatable bonds is 6. The van der Waals surface area contributed by atoms with Crippen LogP contribution in [0.1, 0.15) is 20.3 Å². The Hall–Kier alpha value is -0.750.